The van der Waals surface area contributed by atoms with Crippen molar-refractivity contribution in [3.8, 4) is 5.75 Å². The number of para-hydroxylation sites is 1. The molecule has 0 spiro atoms. The van der Waals surface area contributed by atoms with Crippen molar-refractivity contribution in [3.63, 3.8) is 0 Å². The third kappa shape index (κ3) is 5.12. The lowest BCUT2D eigenvalue weighted by Crippen LogP contribution is -2.39. The predicted molar refractivity (Wildman–Crippen MR) is 64.5 cm³/mol. The third-order valence-corrected chi connectivity index (χ3v) is 3.81. The molecule has 120 valence electrons. The molecule has 1 aromatic carbocycles. The quantitative estimate of drug-likeness (QED) is 0.815. The Morgan fingerprint density at radius 3 is 2.29 bits per heavy atom. The summed E-state index contributed by atoms with van der Waals surface area (Å²) in [6.45, 7) is -2.18. The molecule has 1 aromatic rings. The first kappa shape index (κ1) is 17.6. The number of ether oxygens (including phenoxy) is 1. The van der Waals surface area contributed by atoms with Crippen LogP contribution in [0, 0.1) is 0 Å². The number of benzene rings is 1. The van der Waals surface area contributed by atoms with E-state index in [1.165, 1.54) is 10.8 Å². The molecule has 0 unspecified atom stereocenters. The second-order valence-electron chi connectivity index (χ2n) is 3.91. The number of nitrogens with one attached hydrogen (secondary N) is 1. The Hall–Kier alpha value is -1.42. The molecule has 0 radical (unpaired) electrons. The fraction of sp³-hybridized carbons (Fsp3) is 0.455. The molecular formula is C11H12F5NO3S. The van der Waals surface area contributed by atoms with Crippen molar-refractivity contribution < 1.29 is 35.1 Å². The van der Waals surface area contributed by atoms with Gasteiger partial charge in [-0.3, -0.25) is 0 Å². The fourth-order valence-electron chi connectivity index (χ4n) is 1.49. The zero-order valence-electron chi connectivity index (χ0n) is 10.7. The van der Waals surface area contributed by atoms with E-state index in [9.17, 15) is 30.4 Å². The van der Waals surface area contributed by atoms with Crippen LogP contribution in [0.25, 0.3) is 0 Å². The summed E-state index contributed by atoms with van der Waals surface area (Å²) in [5, 5.41) is 0. The minimum atomic E-state index is -5.01. The van der Waals surface area contributed by atoms with Gasteiger partial charge in [0.15, 0.2) is 0 Å². The first-order valence-corrected chi connectivity index (χ1v) is 7.32. The number of rotatable bonds is 6. The second-order valence-corrected chi connectivity index (χ2v) is 5.95. The molecule has 10 heteroatoms. The van der Waals surface area contributed by atoms with Gasteiger partial charge in [-0.1, -0.05) is 18.2 Å². The summed E-state index contributed by atoms with van der Waals surface area (Å²) in [6, 6.07) is 1.46. The van der Waals surface area contributed by atoms with Gasteiger partial charge in [0.25, 0.3) is 0 Å². The Morgan fingerprint density at radius 1 is 1.24 bits per heavy atom. The predicted octanol–water partition coefficient (Wildman–Crippen LogP) is 2.83. The standard InChI is InChI=1S/C11H12F5NO3S/c1-2-21(18,19)17-9(11(14,15)16)7-5-3-4-6-8(7)20-10(12)13/h3-6,9-10,17H,2H2,1H3/t9-/m0/s1. The van der Waals surface area contributed by atoms with Crippen LogP contribution < -0.4 is 9.46 Å². The molecule has 0 amide bonds. The molecule has 21 heavy (non-hydrogen) atoms. The van der Waals surface area contributed by atoms with Crippen LogP contribution in [-0.2, 0) is 10.0 Å². The van der Waals surface area contributed by atoms with Gasteiger partial charge in [-0.05, 0) is 13.0 Å². The monoisotopic (exact) mass is 333 g/mol. The summed E-state index contributed by atoms with van der Waals surface area (Å²) >= 11 is 0. The van der Waals surface area contributed by atoms with Gasteiger partial charge in [-0.2, -0.15) is 26.7 Å². The van der Waals surface area contributed by atoms with Crippen LogP contribution in [0.15, 0.2) is 24.3 Å². The molecule has 0 aliphatic rings. The van der Waals surface area contributed by atoms with Gasteiger partial charge in [-0.25, -0.2) is 8.42 Å². The summed E-state index contributed by atoms with van der Waals surface area (Å²) in [6.07, 6.45) is -5.01. The summed E-state index contributed by atoms with van der Waals surface area (Å²) in [5.41, 5.74) is -0.734. The molecule has 0 aromatic heterocycles. The van der Waals surface area contributed by atoms with Gasteiger partial charge in [-0.15, -0.1) is 0 Å². The molecule has 4 nitrogen and oxygen atoms in total. The van der Waals surface area contributed by atoms with Crippen LogP contribution in [0.2, 0.25) is 0 Å². The Balaban J connectivity index is 3.28. The van der Waals surface area contributed by atoms with E-state index < -0.39 is 45.9 Å². The zero-order valence-corrected chi connectivity index (χ0v) is 11.5. The maximum atomic E-state index is 13.0. The van der Waals surface area contributed by atoms with E-state index in [2.05, 4.69) is 4.74 Å². The van der Waals surface area contributed by atoms with Gasteiger partial charge < -0.3 is 4.74 Å². The minimum Gasteiger partial charge on any atom is -0.434 e. The lowest BCUT2D eigenvalue weighted by molar-refractivity contribution is -0.154. The van der Waals surface area contributed by atoms with Gasteiger partial charge in [0, 0.05) is 5.56 Å². The number of hydrogen-bond donors (Lipinski definition) is 1. The molecule has 0 saturated heterocycles. The Kier molecular flexibility index (Phi) is 5.51. The smallest absolute Gasteiger partial charge is 0.409 e. The molecule has 1 N–H and O–H groups in total. The SMILES string of the molecule is CCS(=O)(=O)N[C@@H](c1ccccc1OC(F)F)C(F)(F)F. The molecule has 0 saturated carbocycles. The lowest BCUT2D eigenvalue weighted by atomic mass is 10.1. The fourth-order valence-corrected chi connectivity index (χ4v) is 2.28. The van der Waals surface area contributed by atoms with Crippen molar-refractivity contribution >= 4 is 10.0 Å². The highest BCUT2D eigenvalue weighted by Gasteiger charge is 2.44. The van der Waals surface area contributed by atoms with Crippen molar-refractivity contribution in [2.24, 2.45) is 0 Å². The van der Waals surface area contributed by atoms with Crippen molar-refractivity contribution in [3.05, 3.63) is 29.8 Å². The summed E-state index contributed by atoms with van der Waals surface area (Å²) in [7, 11) is -4.21. The minimum absolute atomic E-state index is 0.586. The number of sulfonamides is 1. The highest BCUT2D eigenvalue weighted by molar-refractivity contribution is 7.89. The van der Waals surface area contributed by atoms with Crippen molar-refractivity contribution in [2.45, 2.75) is 25.8 Å². The number of halogens is 5. The second kappa shape index (κ2) is 6.56. The topological polar surface area (TPSA) is 55.4 Å². The first-order valence-electron chi connectivity index (χ1n) is 5.67. The molecular weight excluding hydrogens is 321 g/mol. The highest BCUT2D eigenvalue weighted by Crippen LogP contribution is 2.38. The van der Waals surface area contributed by atoms with Crippen LogP contribution in [0.1, 0.15) is 18.5 Å². The Bertz CT molecular complexity index is 573. The van der Waals surface area contributed by atoms with Crippen molar-refractivity contribution in [1.82, 2.24) is 4.72 Å². The van der Waals surface area contributed by atoms with Gasteiger partial charge in [0.05, 0.1) is 5.75 Å². The molecule has 0 heterocycles. The van der Waals surface area contributed by atoms with E-state index in [4.69, 9.17) is 0 Å². The van der Waals surface area contributed by atoms with E-state index >= 15 is 0 Å². The van der Waals surface area contributed by atoms with Gasteiger partial charge >= 0.3 is 12.8 Å². The van der Waals surface area contributed by atoms with Gasteiger partial charge in [0.1, 0.15) is 11.8 Å². The van der Waals surface area contributed by atoms with E-state index in [1.807, 2.05) is 0 Å². The molecule has 0 bridgehead atoms. The zero-order chi connectivity index (χ0) is 16.3. The van der Waals surface area contributed by atoms with Crippen molar-refractivity contribution in [2.75, 3.05) is 5.75 Å². The summed E-state index contributed by atoms with van der Waals surface area (Å²) in [4.78, 5) is 0. The molecule has 1 rings (SSSR count). The molecule has 0 fully saturated rings. The highest BCUT2D eigenvalue weighted by atomic mass is 32.2. The lowest BCUT2D eigenvalue weighted by Gasteiger charge is -2.23. The van der Waals surface area contributed by atoms with Crippen LogP contribution in [0.3, 0.4) is 0 Å². The van der Waals surface area contributed by atoms with E-state index in [0.29, 0.717) is 0 Å². The van der Waals surface area contributed by atoms with E-state index in [-0.39, 0.29) is 0 Å². The third-order valence-electron chi connectivity index (χ3n) is 2.45. The van der Waals surface area contributed by atoms with Crippen LogP contribution in [0.4, 0.5) is 22.0 Å². The largest absolute Gasteiger partial charge is 0.434 e. The van der Waals surface area contributed by atoms with Gasteiger partial charge in [0.2, 0.25) is 10.0 Å². The summed E-state index contributed by atoms with van der Waals surface area (Å²) < 4.78 is 91.7. The maximum absolute atomic E-state index is 13.0. The van der Waals surface area contributed by atoms with Crippen molar-refractivity contribution in [1.29, 1.82) is 0 Å². The number of hydrogen-bond acceptors (Lipinski definition) is 3. The number of alkyl halides is 5. The first-order chi connectivity index (χ1) is 9.57. The average Bonchev–Trinajstić information content (AvgIpc) is 2.35. The Labute approximate surface area is 118 Å². The maximum Gasteiger partial charge on any atom is 0.409 e. The Morgan fingerprint density at radius 2 is 1.81 bits per heavy atom. The van der Waals surface area contributed by atoms with Crippen LogP contribution >= 0.6 is 0 Å². The molecule has 0 aliphatic heterocycles. The van der Waals surface area contributed by atoms with E-state index in [0.717, 1.165) is 25.1 Å². The normalized spacial score (nSPS) is 14.2. The van der Waals surface area contributed by atoms with Crippen LogP contribution in [0.5, 0.6) is 5.75 Å². The summed E-state index contributed by atoms with van der Waals surface area (Å²) in [5.74, 6) is -1.33. The van der Waals surface area contributed by atoms with Crippen LogP contribution in [-0.4, -0.2) is 27.0 Å². The molecule has 0 aliphatic carbocycles. The average molecular weight is 333 g/mol. The molecule has 1 atom stereocenters. The van der Waals surface area contributed by atoms with E-state index in [1.54, 1.807) is 0 Å².